The Kier molecular flexibility index (Phi) is 4.18. The number of nitrogens with zero attached hydrogens (tertiary/aromatic N) is 1. The third-order valence-electron chi connectivity index (χ3n) is 2.86. The van der Waals surface area contributed by atoms with E-state index in [2.05, 4.69) is 10.3 Å². The highest BCUT2D eigenvalue weighted by Crippen LogP contribution is 2.25. The van der Waals surface area contributed by atoms with Crippen molar-refractivity contribution in [1.82, 2.24) is 10.3 Å². The molecular weight excluding hydrogens is 248 g/mol. The molecule has 0 fully saturated rings. The Morgan fingerprint density at radius 1 is 1.33 bits per heavy atom. The van der Waals surface area contributed by atoms with E-state index in [0.717, 1.165) is 11.1 Å². The quantitative estimate of drug-likeness (QED) is 0.889. The number of aromatic nitrogens is 1. The summed E-state index contributed by atoms with van der Waals surface area (Å²) in [6.07, 6.45) is 3.57. The van der Waals surface area contributed by atoms with Gasteiger partial charge in [0.25, 0.3) is 0 Å². The fourth-order valence-corrected chi connectivity index (χ4v) is 1.96. The Bertz CT molecular complexity index is 496. The van der Waals surface area contributed by atoms with Crippen molar-refractivity contribution in [3.05, 3.63) is 58.9 Å². The Labute approximate surface area is 111 Å². The molecule has 0 bridgehead atoms. The van der Waals surface area contributed by atoms with Crippen molar-refractivity contribution >= 4 is 11.6 Å². The molecule has 1 aromatic heterocycles. The molecular formula is C14H15ClN2O. The van der Waals surface area contributed by atoms with Crippen molar-refractivity contribution in [3.63, 3.8) is 0 Å². The van der Waals surface area contributed by atoms with Gasteiger partial charge in [0.2, 0.25) is 0 Å². The van der Waals surface area contributed by atoms with Crippen molar-refractivity contribution in [1.29, 1.82) is 0 Å². The SMILES string of the molecule is C[C@H](NCc1c(O)cccc1Cl)c1cccnc1. The van der Waals surface area contributed by atoms with Crippen LogP contribution in [-0.4, -0.2) is 10.1 Å². The first-order valence-corrected chi connectivity index (χ1v) is 6.16. The van der Waals surface area contributed by atoms with Crippen molar-refractivity contribution < 1.29 is 5.11 Å². The van der Waals surface area contributed by atoms with Gasteiger partial charge in [-0.05, 0) is 30.7 Å². The molecule has 3 nitrogen and oxygen atoms in total. The molecule has 18 heavy (non-hydrogen) atoms. The minimum Gasteiger partial charge on any atom is -0.508 e. The largest absolute Gasteiger partial charge is 0.508 e. The van der Waals surface area contributed by atoms with Crippen LogP contribution in [0.25, 0.3) is 0 Å². The standard InChI is InChI=1S/C14H15ClN2O/c1-10(11-4-3-7-16-8-11)17-9-12-13(15)5-2-6-14(12)18/h2-8,10,17-18H,9H2,1H3/t10-/m0/s1. The Morgan fingerprint density at radius 3 is 2.83 bits per heavy atom. The van der Waals surface area contributed by atoms with Gasteiger partial charge >= 0.3 is 0 Å². The van der Waals surface area contributed by atoms with Gasteiger partial charge in [-0.2, -0.15) is 0 Å². The Morgan fingerprint density at radius 2 is 2.17 bits per heavy atom. The molecule has 0 spiro atoms. The van der Waals surface area contributed by atoms with Crippen LogP contribution in [0.1, 0.15) is 24.1 Å². The summed E-state index contributed by atoms with van der Waals surface area (Å²) in [6, 6.07) is 9.20. The zero-order valence-corrected chi connectivity index (χ0v) is 10.9. The highest BCUT2D eigenvalue weighted by molar-refractivity contribution is 6.31. The van der Waals surface area contributed by atoms with Crippen LogP contribution in [0.2, 0.25) is 5.02 Å². The Hall–Kier alpha value is -1.58. The molecule has 2 rings (SSSR count). The van der Waals surface area contributed by atoms with Gasteiger partial charge in [0.1, 0.15) is 5.75 Å². The normalized spacial score (nSPS) is 12.3. The first kappa shape index (κ1) is 12.9. The summed E-state index contributed by atoms with van der Waals surface area (Å²) in [7, 11) is 0. The lowest BCUT2D eigenvalue weighted by atomic mass is 10.1. The van der Waals surface area contributed by atoms with Crippen molar-refractivity contribution in [2.45, 2.75) is 19.5 Å². The van der Waals surface area contributed by atoms with Gasteiger partial charge < -0.3 is 10.4 Å². The van der Waals surface area contributed by atoms with Gasteiger partial charge in [-0.1, -0.05) is 23.7 Å². The van der Waals surface area contributed by atoms with E-state index >= 15 is 0 Å². The number of aromatic hydroxyl groups is 1. The highest BCUT2D eigenvalue weighted by atomic mass is 35.5. The summed E-state index contributed by atoms with van der Waals surface area (Å²) in [5.74, 6) is 0.216. The number of hydrogen-bond donors (Lipinski definition) is 2. The lowest BCUT2D eigenvalue weighted by Crippen LogP contribution is -2.18. The fraction of sp³-hybridized carbons (Fsp3) is 0.214. The Balaban J connectivity index is 2.04. The maximum Gasteiger partial charge on any atom is 0.121 e. The van der Waals surface area contributed by atoms with E-state index in [9.17, 15) is 5.11 Å². The first-order valence-electron chi connectivity index (χ1n) is 5.78. The number of pyridine rings is 1. The lowest BCUT2D eigenvalue weighted by molar-refractivity contribution is 0.460. The highest BCUT2D eigenvalue weighted by Gasteiger charge is 2.09. The molecule has 0 aliphatic heterocycles. The van der Waals surface area contributed by atoms with E-state index in [1.807, 2.05) is 25.3 Å². The number of halogens is 1. The average molecular weight is 263 g/mol. The van der Waals surface area contributed by atoms with Crippen molar-refractivity contribution in [2.24, 2.45) is 0 Å². The topological polar surface area (TPSA) is 45.1 Å². The smallest absolute Gasteiger partial charge is 0.121 e. The number of hydrogen-bond acceptors (Lipinski definition) is 3. The van der Waals surface area contributed by atoms with Gasteiger partial charge in [0, 0.05) is 35.6 Å². The van der Waals surface area contributed by atoms with Crippen LogP contribution in [0.15, 0.2) is 42.7 Å². The summed E-state index contributed by atoms with van der Waals surface area (Å²) in [4.78, 5) is 4.08. The van der Waals surface area contributed by atoms with E-state index in [4.69, 9.17) is 11.6 Å². The molecule has 0 radical (unpaired) electrons. The van der Waals surface area contributed by atoms with Crippen molar-refractivity contribution in [3.8, 4) is 5.75 Å². The maximum atomic E-state index is 9.74. The van der Waals surface area contributed by atoms with Crippen LogP contribution in [0, 0.1) is 0 Å². The van der Waals surface area contributed by atoms with Crippen molar-refractivity contribution in [2.75, 3.05) is 0 Å². The second kappa shape index (κ2) is 5.85. The van der Waals surface area contributed by atoms with E-state index in [0.29, 0.717) is 11.6 Å². The molecule has 0 saturated heterocycles. The molecule has 2 aromatic rings. The molecule has 0 saturated carbocycles. The molecule has 2 N–H and O–H groups in total. The van der Waals surface area contributed by atoms with Gasteiger partial charge in [-0.3, -0.25) is 4.98 Å². The summed E-state index contributed by atoms with van der Waals surface area (Å²) in [5.41, 5.74) is 1.82. The number of benzene rings is 1. The maximum absolute atomic E-state index is 9.74. The van der Waals surface area contributed by atoms with Crippen LogP contribution >= 0.6 is 11.6 Å². The third-order valence-corrected chi connectivity index (χ3v) is 3.22. The monoisotopic (exact) mass is 262 g/mol. The number of rotatable bonds is 4. The minimum atomic E-state index is 0.148. The third kappa shape index (κ3) is 3.00. The molecule has 0 unspecified atom stereocenters. The zero-order valence-electron chi connectivity index (χ0n) is 10.1. The molecule has 0 aliphatic carbocycles. The second-order valence-corrected chi connectivity index (χ2v) is 4.53. The summed E-state index contributed by atoms with van der Waals surface area (Å²) in [6.45, 7) is 2.56. The van der Waals surface area contributed by atoms with E-state index in [1.165, 1.54) is 0 Å². The predicted molar refractivity (Wildman–Crippen MR) is 72.6 cm³/mol. The van der Waals surface area contributed by atoms with E-state index < -0.39 is 0 Å². The lowest BCUT2D eigenvalue weighted by Gasteiger charge is -2.15. The molecule has 1 atom stereocenters. The molecule has 1 heterocycles. The van der Waals surface area contributed by atoms with Crippen LogP contribution in [0.4, 0.5) is 0 Å². The van der Waals surface area contributed by atoms with Crippen LogP contribution in [-0.2, 0) is 6.54 Å². The van der Waals surface area contributed by atoms with Gasteiger partial charge in [-0.25, -0.2) is 0 Å². The fourth-order valence-electron chi connectivity index (χ4n) is 1.73. The second-order valence-electron chi connectivity index (χ2n) is 4.13. The van der Waals surface area contributed by atoms with Crippen LogP contribution in [0.3, 0.4) is 0 Å². The van der Waals surface area contributed by atoms with Gasteiger partial charge in [0.15, 0.2) is 0 Å². The molecule has 94 valence electrons. The first-order chi connectivity index (χ1) is 8.68. The average Bonchev–Trinajstić information content (AvgIpc) is 2.39. The van der Waals surface area contributed by atoms with Crippen LogP contribution in [0.5, 0.6) is 5.75 Å². The molecule has 4 heteroatoms. The molecule has 1 aromatic carbocycles. The predicted octanol–water partition coefficient (Wildman–Crippen LogP) is 3.29. The van der Waals surface area contributed by atoms with Gasteiger partial charge in [-0.15, -0.1) is 0 Å². The minimum absolute atomic E-state index is 0.148. The van der Waals surface area contributed by atoms with E-state index in [1.54, 1.807) is 24.4 Å². The number of phenolic OH excluding ortho intramolecular Hbond substituents is 1. The molecule has 0 amide bonds. The summed E-state index contributed by atoms with van der Waals surface area (Å²) < 4.78 is 0. The summed E-state index contributed by atoms with van der Waals surface area (Å²) in [5, 5.41) is 13.6. The van der Waals surface area contributed by atoms with E-state index in [-0.39, 0.29) is 11.8 Å². The van der Waals surface area contributed by atoms with Crippen LogP contribution < -0.4 is 5.32 Å². The summed E-state index contributed by atoms with van der Waals surface area (Å²) >= 11 is 6.05. The number of nitrogens with one attached hydrogen (secondary N) is 1. The van der Waals surface area contributed by atoms with Gasteiger partial charge in [0.05, 0.1) is 0 Å². The zero-order chi connectivity index (χ0) is 13.0. The molecule has 0 aliphatic rings. The number of phenols is 1.